The fourth-order valence-corrected chi connectivity index (χ4v) is 2.02. The quantitative estimate of drug-likeness (QED) is 0.819. The molecule has 0 radical (unpaired) electrons. The number of hydrogen-bond donors (Lipinski definition) is 1. The molecular formula is C10H17BrN2. The number of likely N-dealkylation sites (N-methyl/N-ethyl adjacent to an activating group) is 2. The summed E-state index contributed by atoms with van der Waals surface area (Å²) in [4.78, 5) is 2.20. The van der Waals surface area contributed by atoms with Crippen molar-refractivity contribution in [3.05, 3.63) is 21.8 Å². The monoisotopic (exact) mass is 244 g/mol. The van der Waals surface area contributed by atoms with Gasteiger partial charge in [-0.1, -0.05) is 6.92 Å². The van der Waals surface area contributed by atoms with Crippen LogP contribution in [0.3, 0.4) is 0 Å². The number of rotatable bonds is 3. The molecule has 0 atom stereocenters. The van der Waals surface area contributed by atoms with Crippen LogP contribution in [0.25, 0.3) is 0 Å². The molecule has 74 valence electrons. The highest BCUT2D eigenvalue weighted by atomic mass is 79.9. The molecule has 0 aromatic rings. The number of allylic oxidation sites excluding steroid dienone is 2. The Balaban J connectivity index is 2.69. The van der Waals surface area contributed by atoms with Crippen molar-refractivity contribution in [3.8, 4) is 0 Å². The van der Waals surface area contributed by atoms with E-state index in [0.29, 0.717) is 0 Å². The third-order valence-corrected chi connectivity index (χ3v) is 3.05. The van der Waals surface area contributed by atoms with Gasteiger partial charge in [0.2, 0.25) is 0 Å². The smallest absolute Gasteiger partial charge is 0.0399 e. The van der Waals surface area contributed by atoms with E-state index < -0.39 is 0 Å². The summed E-state index contributed by atoms with van der Waals surface area (Å²) in [5.74, 6) is 0. The highest BCUT2D eigenvalue weighted by Crippen LogP contribution is 2.24. The van der Waals surface area contributed by atoms with Crippen LogP contribution in [0.5, 0.6) is 0 Å². The SMILES string of the molecule is CCNCC1=C(C)C(Br)=CN(C)C1. The van der Waals surface area contributed by atoms with Crippen LogP contribution in [-0.4, -0.2) is 31.6 Å². The van der Waals surface area contributed by atoms with Crippen molar-refractivity contribution in [1.82, 2.24) is 10.2 Å². The van der Waals surface area contributed by atoms with Crippen molar-refractivity contribution in [1.29, 1.82) is 0 Å². The van der Waals surface area contributed by atoms with Crippen molar-refractivity contribution in [3.63, 3.8) is 0 Å². The Kier molecular flexibility index (Phi) is 4.00. The minimum Gasteiger partial charge on any atom is -0.375 e. The van der Waals surface area contributed by atoms with E-state index in [1.54, 1.807) is 0 Å². The van der Waals surface area contributed by atoms with E-state index in [4.69, 9.17) is 0 Å². The van der Waals surface area contributed by atoms with E-state index >= 15 is 0 Å². The van der Waals surface area contributed by atoms with Gasteiger partial charge in [0.15, 0.2) is 0 Å². The van der Waals surface area contributed by atoms with Crippen molar-refractivity contribution < 1.29 is 0 Å². The highest BCUT2D eigenvalue weighted by Gasteiger charge is 2.12. The van der Waals surface area contributed by atoms with E-state index in [1.807, 2.05) is 0 Å². The summed E-state index contributed by atoms with van der Waals surface area (Å²) < 4.78 is 1.20. The summed E-state index contributed by atoms with van der Waals surface area (Å²) in [5, 5.41) is 3.36. The van der Waals surface area contributed by atoms with Crippen molar-refractivity contribution in [2.24, 2.45) is 0 Å². The van der Waals surface area contributed by atoms with Gasteiger partial charge in [0.05, 0.1) is 0 Å². The van der Waals surface area contributed by atoms with E-state index in [9.17, 15) is 0 Å². The molecule has 0 aliphatic carbocycles. The first-order valence-electron chi connectivity index (χ1n) is 4.62. The molecule has 1 aliphatic heterocycles. The van der Waals surface area contributed by atoms with E-state index in [0.717, 1.165) is 19.6 Å². The van der Waals surface area contributed by atoms with Crippen LogP contribution in [0.15, 0.2) is 21.8 Å². The molecule has 2 nitrogen and oxygen atoms in total. The molecule has 0 aromatic heterocycles. The zero-order chi connectivity index (χ0) is 9.84. The molecule has 1 N–H and O–H groups in total. The number of nitrogens with one attached hydrogen (secondary N) is 1. The number of hydrogen-bond acceptors (Lipinski definition) is 2. The third-order valence-electron chi connectivity index (χ3n) is 2.25. The summed E-state index contributed by atoms with van der Waals surface area (Å²) in [5.41, 5.74) is 2.85. The third kappa shape index (κ3) is 2.85. The molecule has 0 unspecified atom stereocenters. The molecule has 1 heterocycles. The topological polar surface area (TPSA) is 15.3 Å². The number of nitrogens with zero attached hydrogens (tertiary/aromatic N) is 1. The van der Waals surface area contributed by atoms with Crippen molar-refractivity contribution >= 4 is 15.9 Å². The maximum absolute atomic E-state index is 3.56. The molecule has 0 saturated heterocycles. The van der Waals surface area contributed by atoms with Crippen LogP contribution in [-0.2, 0) is 0 Å². The predicted octanol–water partition coefficient (Wildman–Crippen LogP) is 2.09. The first-order valence-corrected chi connectivity index (χ1v) is 5.41. The summed E-state index contributed by atoms with van der Waals surface area (Å²) in [7, 11) is 2.10. The minimum atomic E-state index is 0.996. The Labute approximate surface area is 88.8 Å². The fraction of sp³-hybridized carbons (Fsp3) is 0.600. The van der Waals surface area contributed by atoms with E-state index in [-0.39, 0.29) is 0 Å². The lowest BCUT2D eigenvalue weighted by atomic mass is 10.1. The number of halogens is 1. The Bertz CT molecular complexity index is 243. The standard InChI is InChI=1S/C10H17BrN2/c1-4-12-5-9-6-13(3)7-10(11)8(9)2/h7,12H,4-6H2,1-3H3. The average Bonchev–Trinajstić information content (AvgIpc) is 2.09. The summed E-state index contributed by atoms with van der Waals surface area (Å²) in [6.07, 6.45) is 2.13. The summed E-state index contributed by atoms with van der Waals surface area (Å²) in [6.45, 7) is 7.36. The normalized spacial score (nSPS) is 17.8. The molecule has 1 aliphatic rings. The molecule has 3 heteroatoms. The second-order valence-electron chi connectivity index (χ2n) is 3.40. The molecule has 0 aromatic carbocycles. The molecule has 13 heavy (non-hydrogen) atoms. The van der Waals surface area contributed by atoms with Gasteiger partial charge < -0.3 is 10.2 Å². The second kappa shape index (κ2) is 4.82. The molecule has 0 saturated carbocycles. The lowest BCUT2D eigenvalue weighted by Gasteiger charge is -2.25. The molecule has 0 fully saturated rings. The maximum atomic E-state index is 3.56. The Morgan fingerprint density at radius 3 is 2.92 bits per heavy atom. The molecule has 0 amide bonds. The van der Waals surface area contributed by atoms with Gasteiger partial charge in [0.25, 0.3) is 0 Å². The van der Waals surface area contributed by atoms with Crippen molar-refractivity contribution in [2.45, 2.75) is 13.8 Å². The maximum Gasteiger partial charge on any atom is 0.0399 e. The van der Waals surface area contributed by atoms with Crippen molar-refractivity contribution in [2.75, 3.05) is 26.7 Å². The zero-order valence-corrected chi connectivity index (χ0v) is 10.1. The lowest BCUT2D eigenvalue weighted by Crippen LogP contribution is -2.27. The summed E-state index contributed by atoms with van der Waals surface area (Å²) in [6, 6.07) is 0. The van der Waals surface area contributed by atoms with Crippen LogP contribution in [0.2, 0.25) is 0 Å². The molecule has 0 bridgehead atoms. The van der Waals surface area contributed by atoms with Gasteiger partial charge in [-0.25, -0.2) is 0 Å². The molecule has 0 spiro atoms. The average molecular weight is 245 g/mol. The first kappa shape index (κ1) is 10.8. The van der Waals surface area contributed by atoms with Gasteiger partial charge in [-0.15, -0.1) is 0 Å². The van der Waals surface area contributed by atoms with Gasteiger partial charge in [0.1, 0.15) is 0 Å². The van der Waals surface area contributed by atoms with Gasteiger partial charge in [-0.05, 0) is 40.5 Å². The van der Waals surface area contributed by atoms with Crippen LogP contribution in [0.4, 0.5) is 0 Å². The summed E-state index contributed by atoms with van der Waals surface area (Å²) >= 11 is 3.56. The Hall–Kier alpha value is -0.280. The van der Waals surface area contributed by atoms with Gasteiger partial charge in [-0.3, -0.25) is 0 Å². The first-order chi connectivity index (χ1) is 6.15. The van der Waals surface area contributed by atoms with E-state index in [1.165, 1.54) is 15.6 Å². The zero-order valence-electron chi connectivity index (χ0n) is 8.52. The highest BCUT2D eigenvalue weighted by molar-refractivity contribution is 9.12. The fourth-order valence-electron chi connectivity index (χ4n) is 1.39. The lowest BCUT2D eigenvalue weighted by molar-refractivity contribution is 0.477. The second-order valence-corrected chi connectivity index (χ2v) is 4.26. The van der Waals surface area contributed by atoms with E-state index in [2.05, 4.69) is 53.2 Å². The Morgan fingerprint density at radius 1 is 1.62 bits per heavy atom. The minimum absolute atomic E-state index is 0.996. The van der Waals surface area contributed by atoms with Crippen LogP contribution >= 0.6 is 15.9 Å². The van der Waals surface area contributed by atoms with Gasteiger partial charge >= 0.3 is 0 Å². The van der Waals surface area contributed by atoms with Gasteiger partial charge in [-0.2, -0.15) is 0 Å². The van der Waals surface area contributed by atoms with Crippen LogP contribution in [0.1, 0.15) is 13.8 Å². The molecule has 1 rings (SSSR count). The predicted molar refractivity (Wildman–Crippen MR) is 60.9 cm³/mol. The van der Waals surface area contributed by atoms with Crippen LogP contribution < -0.4 is 5.32 Å². The largest absolute Gasteiger partial charge is 0.375 e. The van der Waals surface area contributed by atoms with Gasteiger partial charge in [0, 0.05) is 30.8 Å². The Morgan fingerprint density at radius 2 is 2.31 bits per heavy atom. The molecular weight excluding hydrogens is 228 g/mol. The van der Waals surface area contributed by atoms with Crippen LogP contribution in [0, 0.1) is 0 Å².